The molecular formula is C17H22N2O. The van der Waals surface area contributed by atoms with Crippen LogP contribution in [0.1, 0.15) is 36.6 Å². The van der Waals surface area contributed by atoms with Crippen molar-refractivity contribution in [3.05, 3.63) is 59.4 Å². The zero-order chi connectivity index (χ0) is 14.4. The summed E-state index contributed by atoms with van der Waals surface area (Å²) in [5.41, 5.74) is 3.48. The lowest BCUT2D eigenvalue weighted by molar-refractivity contribution is 0.299. The Morgan fingerprint density at radius 3 is 2.85 bits per heavy atom. The fourth-order valence-corrected chi connectivity index (χ4v) is 2.19. The van der Waals surface area contributed by atoms with Crippen LogP contribution in [0.25, 0.3) is 0 Å². The van der Waals surface area contributed by atoms with Crippen LogP contribution in [0.15, 0.2) is 42.7 Å². The molecule has 0 aliphatic rings. The monoisotopic (exact) mass is 270 g/mol. The van der Waals surface area contributed by atoms with E-state index < -0.39 is 0 Å². The minimum Gasteiger partial charge on any atom is -0.488 e. The number of hydrogen-bond donors (Lipinski definition) is 1. The Kier molecular flexibility index (Phi) is 5.13. The number of nitrogens with zero attached hydrogens (tertiary/aromatic N) is 1. The molecule has 1 heterocycles. The van der Waals surface area contributed by atoms with E-state index in [1.54, 1.807) is 6.20 Å². The first-order chi connectivity index (χ1) is 9.70. The maximum atomic E-state index is 5.99. The summed E-state index contributed by atoms with van der Waals surface area (Å²) in [5.74, 6) is 0.947. The number of hydrogen-bond acceptors (Lipinski definition) is 3. The Hall–Kier alpha value is -1.87. The molecule has 3 nitrogen and oxygen atoms in total. The third-order valence-corrected chi connectivity index (χ3v) is 3.26. The normalized spacial score (nSPS) is 12.2. The number of nitrogens with one attached hydrogen (secondary N) is 1. The molecule has 0 radical (unpaired) electrons. The molecule has 0 amide bonds. The molecule has 2 aromatic rings. The van der Waals surface area contributed by atoms with E-state index in [4.69, 9.17) is 4.74 Å². The van der Waals surface area contributed by atoms with Crippen molar-refractivity contribution in [3.63, 3.8) is 0 Å². The van der Waals surface area contributed by atoms with Gasteiger partial charge < -0.3 is 10.1 Å². The predicted octanol–water partition coefficient (Wildman–Crippen LogP) is 3.64. The second-order valence-electron chi connectivity index (χ2n) is 4.97. The number of aromatic nitrogens is 1. The molecule has 20 heavy (non-hydrogen) atoms. The molecule has 1 atom stereocenters. The number of rotatable bonds is 6. The van der Waals surface area contributed by atoms with Gasteiger partial charge in [0.05, 0.1) is 0 Å². The highest BCUT2D eigenvalue weighted by molar-refractivity contribution is 5.39. The van der Waals surface area contributed by atoms with Gasteiger partial charge in [-0.2, -0.15) is 0 Å². The molecule has 0 bridgehead atoms. The quantitative estimate of drug-likeness (QED) is 0.870. The van der Waals surface area contributed by atoms with Gasteiger partial charge in [-0.25, -0.2) is 0 Å². The molecule has 2 rings (SSSR count). The summed E-state index contributed by atoms with van der Waals surface area (Å²) in [4.78, 5) is 4.11. The summed E-state index contributed by atoms with van der Waals surface area (Å²) in [6.07, 6.45) is 3.61. The zero-order valence-electron chi connectivity index (χ0n) is 12.4. The highest BCUT2D eigenvalue weighted by Crippen LogP contribution is 2.27. The molecule has 0 saturated carbocycles. The van der Waals surface area contributed by atoms with Crippen LogP contribution >= 0.6 is 0 Å². The first kappa shape index (κ1) is 14.5. The van der Waals surface area contributed by atoms with Crippen LogP contribution in [-0.2, 0) is 6.61 Å². The van der Waals surface area contributed by atoms with Crippen LogP contribution in [-0.4, -0.2) is 11.5 Å². The van der Waals surface area contributed by atoms with Gasteiger partial charge in [0.25, 0.3) is 0 Å². The predicted molar refractivity (Wildman–Crippen MR) is 81.8 cm³/mol. The smallest absolute Gasteiger partial charge is 0.124 e. The van der Waals surface area contributed by atoms with Crippen molar-refractivity contribution in [1.29, 1.82) is 0 Å². The van der Waals surface area contributed by atoms with Crippen molar-refractivity contribution in [2.75, 3.05) is 6.54 Å². The average molecular weight is 270 g/mol. The Balaban J connectivity index is 2.15. The Labute approximate surface area is 121 Å². The molecule has 106 valence electrons. The maximum Gasteiger partial charge on any atom is 0.124 e. The second kappa shape index (κ2) is 7.06. The summed E-state index contributed by atoms with van der Waals surface area (Å²) in [7, 11) is 0. The van der Waals surface area contributed by atoms with E-state index in [0.29, 0.717) is 6.61 Å². The molecule has 1 aromatic heterocycles. The summed E-state index contributed by atoms with van der Waals surface area (Å²) in [5, 5.41) is 3.43. The zero-order valence-corrected chi connectivity index (χ0v) is 12.4. The maximum absolute atomic E-state index is 5.99. The van der Waals surface area contributed by atoms with E-state index in [0.717, 1.165) is 17.9 Å². The molecule has 0 spiro atoms. The first-order valence-corrected chi connectivity index (χ1v) is 7.06. The number of pyridine rings is 1. The lowest BCUT2D eigenvalue weighted by Gasteiger charge is -2.18. The lowest BCUT2D eigenvalue weighted by Crippen LogP contribution is -2.18. The van der Waals surface area contributed by atoms with Crippen LogP contribution in [0.2, 0.25) is 0 Å². The molecule has 0 aliphatic carbocycles. The van der Waals surface area contributed by atoms with Crippen LogP contribution in [0, 0.1) is 6.92 Å². The number of aryl methyl sites for hydroxylation is 1. The van der Waals surface area contributed by atoms with E-state index in [-0.39, 0.29) is 6.04 Å². The highest BCUT2D eigenvalue weighted by atomic mass is 16.5. The Morgan fingerprint density at radius 2 is 2.15 bits per heavy atom. The average Bonchev–Trinajstić information content (AvgIpc) is 2.46. The van der Waals surface area contributed by atoms with Gasteiger partial charge in [-0.1, -0.05) is 25.1 Å². The van der Waals surface area contributed by atoms with Gasteiger partial charge >= 0.3 is 0 Å². The van der Waals surface area contributed by atoms with Gasteiger partial charge in [0.2, 0.25) is 0 Å². The van der Waals surface area contributed by atoms with Crippen molar-refractivity contribution in [1.82, 2.24) is 10.3 Å². The van der Waals surface area contributed by atoms with E-state index >= 15 is 0 Å². The third-order valence-electron chi connectivity index (χ3n) is 3.26. The van der Waals surface area contributed by atoms with Crippen LogP contribution in [0.4, 0.5) is 0 Å². The summed E-state index contributed by atoms with van der Waals surface area (Å²) >= 11 is 0. The molecule has 3 heteroatoms. The van der Waals surface area contributed by atoms with Crippen molar-refractivity contribution in [2.45, 2.75) is 33.4 Å². The second-order valence-corrected chi connectivity index (χ2v) is 4.97. The molecule has 1 N–H and O–H groups in total. The number of benzene rings is 1. The molecule has 1 aromatic carbocycles. The van der Waals surface area contributed by atoms with Crippen molar-refractivity contribution in [2.24, 2.45) is 0 Å². The van der Waals surface area contributed by atoms with Crippen molar-refractivity contribution < 1.29 is 4.74 Å². The van der Waals surface area contributed by atoms with Gasteiger partial charge in [-0.05, 0) is 38.1 Å². The minimum absolute atomic E-state index is 0.282. The number of ether oxygens (including phenoxy) is 1. The van der Waals surface area contributed by atoms with E-state index in [9.17, 15) is 0 Å². The summed E-state index contributed by atoms with van der Waals surface area (Å²) < 4.78 is 5.99. The SMILES string of the molecule is CCNC(C)c1ccc(C)cc1OCc1cccnc1. The van der Waals surface area contributed by atoms with E-state index in [1.807, 2.05) is 18.3 Å². The third kappa shape index (κ3) is 3.81. The van der Waals surface area contributed by atoms with Gasteiger partial charge in [0.1, 0.15) is 12.4 Å². The first-order valence-electron chi connectivity index (χ1n) is 7.06. The molecule has 0 aliphatic heterocycles. The lowest BCUT2D eigenvalue weighted by atomic mass is 10.0. The largest absolute Gasteiger partial charge is 0.488 e. The fourth-order valence-electron chi connectivity index (χ4n) is 2.19. The molecular weight excluding hydrogens is 248 g/mol. The Morgan fingerprint density at radius 1 is 1.30 bits per heavy atom. The van der Waals surface area contributed by atoms with Gasteiger partial charge in [-0.3, -0.25) is 4.98 Å². The highest BCUT2D eigenvalue weighted by Gasteiger charge is 2.11. The summed E-state index contributed by atoms with van der Waals surface area (Å²) in [6, 6.07) is 10.6. The van der Waals surface area contributed by atoms with Crippen LogP contribution in [0.3, 0.4) is 0 Å². The standard InChI is InChI=1S/C17H22N2O/c1-4-19-14(3)16-8-7-13(2)10-17(16)20-12-15-6-5-9-18-11-15/h5-11,14,19H,4,12H2,1-3H3. The van der Waals surface area contributed by atoms with Crippen molar-refractivity contribution >= 4 is 0 Å². The summed E-state index contributed by atoms with van der Waals surface area (Å²) in [6.45, 7) is 7.84. The Bertz CT molecular complexity index is 540. The minimum atomic E-state index is 0.282. The van der Waals surface area contributed by atoms with Gasteiger partial charge in [0.15, 0.2) is 0 Å². The van der Waals surface area contributed by atoms with Crippen LogP contribution < -0.4 is 10.1 Å². The fraction of sp³-hybridized carbons (Fsp3) is 0.353. The van der Waals surface area contributed by atoms with Crippen LogP contribution in [0.5, 0.6) is 5.75 Å². The van der Waals surface area contributed by atoms with Gasteiger partial charge in [-0.15, -0.1) is 0 Å². The topological polar surface area (TPSA) is 34.1 Å². The van der Waals surface area contributed by atoms with Gasteiger partial charge in [0, 0.05) is 29.6 Å². The molecule has 0 saturated heterocycles. The molecule has 0 fully saturated rings. The van der Waals surface area contributed by atoms with E-state index in [1.165, 1.54) is 11.1 Å². The molecule has 1 unspecified atom stereocenters. The van der Waals surface area contributed by atoms with Crippen molar-refractivity contribution in [3.8, 4) is 5.75 Å². The van der Waals surface area contributed by atoms with E-state index in [2.05, 4.69) is 49.3 Å².